The van der Waals surface area contributed by atoms with Crippen LogP contribution in [0.15, 0.2) is 5.38 Å². The van der Waals surface area contributed by atoms with E-state index in [0.717, 1.165) is 10.8 Å². The number of aromatic nitrogens is 1. The topological polar surface area (TPSA) is 106 Å². The minimum atomic E-state index is -2.50. The normalized spacial score (nSPS) is 23.8. The number of carbonyl (C=O) groups excluding carboxylic acids is 1. The number of nitrogens with zero attached hydrogens (tertiary/aromatic N) is 2. The van der Waals surface area contributed by atoms with Crippen LogP contribution in [0.5, 0.6) is 0 Å². The summed E-state index contributed by atoms with van der Waals surface area (Å²) in [5.74, 6) is -0.656. The second-order valence-corrected chi connectivity index (χ2v) is 5.98. The molecular formula is C9H13N3O4S2. The van der Waals surface area contributed by atoms with Crippen molar-refractivity contribution in [3.8, 4) is 0 Å². The molecule has 2 unspecified atom stereocenters. The van der Waals surface area contributed by atoms with Gasteiger partial charge in [-0.2, -0.15) is 9.27 Å². The Bertz CT molecular complexity index is 502. The number of anilines is 1. The van der Waals surface area contributed by atoms with Gasteiger partial charge in [-0.25, -0.2) is 4.98 Å². The highest BCUT2D eigenvalue weighted by atomic mass is 32.2. The van der Waals surface area contributed by atoms with Gasteiger partial charge < -0.3 is 5.73 Å². The summed E-state index contributed by atoms with van der Waals surface area (Å²) >= 11 is -1.18. The molecule has 3 N–H and O–H groups in total. The molecule has 1 fully saturated rings. The zero-order valence-corrected chi connectivity index (χ0v) is 11.5. The third-order valence-corrected chi connectivity index (χ3v) is 3.99. The Kier molecular flexibility index (Phi) is 3.41. The van der Waals surface area contributed by atoms with Crippen LogP contribution in [0.1, 0.15) is 19.5 Å². The summed E-state index contributed by atoms with van der Waals surface area (Å²) in [5, 5.41) is 3.19. The summed E-state index contributed by atoms with van der Waals surface area (Å²) in [6.07, 6.45) is 0.442. The Morgan fingerprint density at radius 2 is 2.39 bits per heavy atom. The van der Waals surface area contributed by atoms with E-state index in [2.05, 4.69) is 9.27 Å². The first kappa shape index (κ1) is 13.4. The Hall–Kier alpha value is -1.03. The van der Waals surface area contributed by atoms with Gasteiger partial charge in [0.15, 0.2) is 5.13 Å². The molecule has 0 spiro atoms. The summed E-state index contributed by atoms with van der Waals surface area (Å²) in [4.78, 5) is 15.9. The van der Waals surface area contributed by atoms with Crippen molar-refractivity contribution in [2.45, 2.75) is 25.8 Å². The van der Waals surface area contributed by atoms with Gasteiger partial charge >= 0.3 is 11.4 Å². The first-order chi connectivity index (χ1) is 8.32. The second kappa shape index (κ2) is 4.57. The molecule has 0 bridgehead atoms. The maximum atomic E-state index is 11.8. The fourth-order valence-corrected chi connectivity index (χ4v) is 2.93. The number of thiazole rings is 1. The third-order valence-electron chi connectivity index (χ3n) is 3.00. The van der Waals surface area contributed by atoms with E-state index in [9.17, 15) is 9.00 Å². The predicted molar refractivity (Wildman–Crippen MR) is 66.5 cm³/mol. The van der Waals surface area contributed by atoms with Crippen molar-refractivity contribution in [3.63, 3.8) is 0 Å². The Labute approximate surface area is 110 Å². The molecule has 1 aliphatic rings. The summed E-state index contributed by atoms with van der Waals surface area (Å²) < 4.78 is 23.8. The van der Waals surface area contributed by atoms with E-state index in [4.69, 9.17) is 10.3 Å². The summed E-state index contributed by atoms with van der Waals surface area (Å²) in [6, 6.07) is 0. The molecule has 1 aromatic heterocycles. The average Bonchev–Trinajstić information content (AvgIpc) is 2.68. The van der Waals surface area contributed by atoms with Gasteiger partial charge in [0.2, 0.25) is 0 Å². The second-order valence-electron chi connectivity index (χ2n) is 4.51. The molecule has 2 rings (SSSR count). The lowest BCUT2D eigenvalue weighted by atomic mass is 9.75. The summed E-state index contributed by atoms with van der Waals surface area (Å²) in [7, 11) is 0. The van der Waals surface area contributed by atoms with Crippen LogP contribution in [0, 0.1) is 5.92 Å². The lowest BCUT2D eigenvalue weighted by Crippen LogP contribution is -2.68. The van der Waals surface area contributed by atoms with Gasteiger partial charge in [0, 0.05) is 11.8 Å². The molecule has 9 heteroatoms. The van der Waals surface area contributed by atoms with Crippen molar-refractivity contribution in [1.82, 2.24) is 10.0 Å². The molecule has 1 aliphatic heterocycles. The number of hydrogen-bond donors (Lipinski definition) is 2. The molecule has 2 atom stereocenters. The van der Waals surface area contributed by atoms with Gasteiger partial charge in [-0.15, -0.1) is 15.6 Å². The van der Waals surface area contributed by atoms with Gasteiger partial charge in [0.05, 0.1) is 17.2 Å². The van der Waals surface area contributed by atoms with Crippen LogP contribution in [0.2, 0.25) is 0 Å². The molecule has 100 valence electrons. The number of β-lactam (4-membered cyclic amide) rings is 1. The number of nitrogen functional groups attached to an aromatic ring is 1. The standard InChI is InChI=1S/C9H13N3O4S2/c1-9(2)6(3-5-4-17-8(10)11-5)7(13)12(9)16-18(14)15/h4,6H,3H2,1-2H3,(H2,10,11)(H,14,15). The van der Waals surface area contributed by atoms with Crippen LogP contribution in [-0.2, 0) is 26.9 Å². The van der Waals surface area contributed by atoms with Gasteiger partial charge in [0.25, 0.3) is 5.91 Å². The van der Waals surface area contributed by atoms with Gasteiger partial charge in [-0.05, 0) is 13.8 Å². The van der Waals surface area contributed by atoms with Crippen LogP contribution >= 0.6 is 11.3 Å². The van der Waals surface area contributed by atoms with Gasteiger partial charge in [0.1, 0.15) is 0 Å². The Morgan fingerprint density at radius 1 is 1.72 bits per heavy atom. The number of nitrogens with two attached hydrogens (primary N) is 1. The fraction of sp³-hybridized carbons (Fsp3) is 0.556. The van der Waals surface area contributed by atoms with E-state index in [1.807, 2.05) is 0 Å². The number of hydrogen-bond acceptors (Lipinski definition) is 6. The molecular weight excluding hydrogens is 278 g/mol. The first-order valence-corrected chi connectivity index (χ1v) is 7.06. The highest BCUT2D eigenvalue weighted by Gasteiger charge is 2.56. The lowest BCUT2D eigenvalue weighted by molar-refractivity contribution is -0.226. The lowest BCUT2D eigenvalue weighted by Gasteiger charge is -2.50. The van der Waals surface area contributed by atoms with Crippen molar-refractivity contribution >= 4 is 33.7 Å². The maximum Gasteiger partial charge on any atom is 0.325 e. The highest BCUT2D eigenvalue weighted by molar-refractivity contribution is 7.74. The Balaban J connectivity index is 2.07. The van der Waals surface area contributed by atoms with Crippen LogP contribution in [0.3, 0.4) is 0 Å². The smallest absolute Gasteiger partial charge is 0.325 e. The highest BCUT2D eigenvalue weighted by Crippen LogP contribution is 2.40. The fourth-order valence-electron chi connectivity index (χ4n) is 1.96. The minimum Gasteiger partial charge on any atom is -0.375 e. The maximum absolute atomic E-state index is 11.8. The number of amides is 1. The molecule has 0 saturated carbocycles. The van der Waals surface area contributed by atoms with Crippen LogP contribution < -0.4 is 5.73 Å². The van der Waals surface area contributed by atoms with E-state index < -0.39 is 16.9 Å². The van der Waals surface area contributed by atoms with Crippen LogP contribution in [-0.4, -0.2) is 30.3 Å². The molecule has 0 aliphatic carbocycles. The van der Waals surface area contributed by atoms with E-state index in [1.54, 1.807) is 19.2 Å². The van der Waals surface area contributed by atoms with E-state index in [-0.39, 0.29) is 11.8 Å². The van der Waals surface area contributed by atoms with Crippen molar-refractivity contribution < 1.29 is 17.8 Å². The van der Waals surface area contributed by atoms with Crippen molar-refractivity contribution in [1.29, 1.82) is 0 Å². The number of carbonyl (C=O) groups is 1. The molecule has 0 radical (unpaired) electrons. The molecule has 2 heterocycles. The van der Waals surface area contributed by atoms with Gasteiger partial charge in [-0.1, -0.05) is 0 Å². The molecule has 0 aromatic carbocycles. The number of rotatable bonds is 4. The zero-order valence-electron chi connectivity index (χ0n) is 9.82. The van der Waals surface area contributed by atoms with E-state index >= 15 is 0 Å². The summed E-state index contributed by atoms with van der Waals surface area (Å²) in [6.45, 7) is 3.53. The molecule has 7 nitrogen and oxygen atoms in total. The predicted octanol–water partition coefficient (Wildman–Crippen LogP) is 0.573. The SMILES string of the molecule is CC1(C)C(Cc2csc(N)n2)C(=O)N1OS(=O)O. The van der Waals surface area contributed by atoms with Crippen molar-refractivity contribution in [2.24, 2.45) is 5.92 Å². The quantitative estimate of drug-likeness (QED) is 0.620. The zero-order chi connectivity index (χ0) is 13.5. The van der Waals surface area contributed by atoms with Crippen LogP contribution in [0.25, 0.3) is 0 Å². The summed E-state index contributed by atoms with van der Waals surface area (Å²) in [5.41, 5.74) is 5.62. The average molecular weight is 291 g/mol. The van der Waals surface area contributed by atoms with Gasteiger partial charge in [-0.3, -0.25) is 9.35 Å². The molecule has 1 aromatic rings. The molecule has 1 amide bonds. The molecule has 1 saturated heterocycles. The first-order valence-electron chi connectivity index (χ1n) is 5.15. The third kappa shape index (κ3) is 2.26. The van der Waals surface area contributed by atoms with E-state index in [1.165, 1.54) is 11.3 Å². The van der Waals surface area contributed by atoms with E-state index in [0.29, 0.717) is 11.6 Å². The van der Waals surface area contributed by atoms with Crippen LogP contribution in [0.4, 0.5) is 5.13 Å². The number of hydroxylamine groups is 2. The van der Waals surface area contributed by atoms with Crippen molar-refractivity contribution in [3.05, 3.63) is 11.1 Å². The van der Waals surface area contributed by atoms with Crippen molar-refractivity contribution in [2.75, 3.05) is 5.73 Å². The Morgan fingerprint density at radius 3 is 2.83 bits per heavy atom. The molecule has 18 heavy (non-hydrogen) atoms. The minimum absolute atomic E-state index is 0.325. The largest absolute Gasteiger partial charge is 0.375 e. The monoisotopic (exact) mass is 291 g/mol.